The van der Waals surface area contributed by atoms with E-state index in [0.717, 1.165) is 19.8 Å². The van der Waals surface area contributed by atoms with Crippen molar-refractivity contribution in [2.24, 2.45) is 0 Å². The minimum absolute atomic E-state index is 0.741. The van der Waals surface area contributed by atoms with Gasteiger partial charge in [0.05, 0.1) is 6.61 Å². The number of aromatic nitrogens is 2. The number of ether oxygens (including phenoxy) is 1. The van der Waals surface area contributed by atoms with E-state index < -0.39 is 0 Å². The maximum Gasteiger partial charge on any atom is 0.0645 e. The van der Waals surface area contributed by atoms with Crippen LogP contribution in [-0.2, 0) is 11.3 Å². The van der Waals surface area contributed by atoms with E-state index in [4.69, 9.17) is 4.74 Å². The zero-order chi connectivity index (χ0) is 13.8. The smallest absolute Gasteiger partial charge is 0.0645 e. The maximum absolute atomic E-state index is 5.47. The standard InChI is InChI=1S/C17H18N2O/c1-2-20-12-11-19-13-16(14-7-9-18-10-8-14)15-5-3-4-6-17(15)19/h3-10,13H,2,11-12H2,1H3. The molecule has 0 aliphatic rings. The first-order valence-electron chi connectivity index (χ1n) is 6.96. The maximum atomic E-state index is 5.47. The van der Waals surface area contributed by atoms with Crippen LogP contribution in [0.5, 0.6) is 0 Å². The highest BCUT2D eigenvalue weighted by molar-refractivity contribution is 5.95. The zero-order valence-electron chi connectivity index (χ0n) is 11.6. The Balaban J connectivity index is 2.05. The second-order valence-corrected chi connectivity index (χ2v) is 4.69. The summed E-state index contributed by atoms with van der Waals surface area (Å²) in [5.41, 5.74) is 3.70. The number of hydrogen-bond acceptors (Lipinski definition) is 2. The monoisotopic (exact) mass is 266 g/mol. The molecule has 0 saturated heterocycles. The van der Waals surface area contributed by atoms with E-state index in [1.165, 1.54) is 22.0 Å². The van der Waals surface area contributed by atoms with Crippen molar-refractivity contribution in [2.45, 2.75) is 13.5 Å². The average Bonchev–Trinajstić information content (AvgIpc) is 2.88. The molecule has 0 unspecified atom stereocenters. The van der Waals surface area contributed by atoms with Crippen molar-refractivity contribution >= 4 is 10.9 Å². The Morgan fingerprint density at radius 2 is 1.90 bits per heavy atom. The molecule has 2 heterocycles. The fraction of sp³-hybridized carbons (Fsp3) is 0.235. The van der Waals surface area contributed by atoms with Crippen LogP contribution in [0.3, 0.4) is 0 Å². The summed E-state index contributed by atoms with van der Waals surface area (Å²) in [6, 6.07) is 12.6. The molecule has 0 aliphatic carbocycles. The fourth-order valence-corrected chi connectivity index (χ4v) is 2.50. The molecule has 0 radical (unpaired) electrons. The molecule has 20 heavy (non-hydrogen) atoms. The first kappa shape index (κ1) is 12.9. The van der Waals surface area contributed by atoms with Gasteiger partial charge < -0.3 is 9.30 Å². The summed E-state index contributed by atoms with van der Waals surface area (Å²) in [4.78, 5) is 4.09. The topological polar surface area (TPSA) is 27.1 Å². The van der Waals surface area contributed by atoms with Crippen LogP contribution in [-0.4, -0.2) is 22.8 Å². The third-order valence-corrected chi connectivity index (χ3v) is 3.46. The predicted octanol–water partition coefficient (Wildman–Crippen LogP) is 3.74. The number of nitrogens with zero attached hydrogens (tertiary/aromatic N) is 2. The van der Waals surface area contributed by atoms with Crippen LogP contribution in [0.2, 0.25) is 0 Å². The number of rotatable bonds is 5. The lowest BCUT2D eigenvalue weighted by molar-refractivity contribution is 0.140. The van der Waals surface area contributed by atoms with Gasteiger partial charge in [0.15, 0.2) is 0 Å². The molecule has 3 aromatic rings. The van der Waals surface area contributed by atoms with E-state index in [9.17, 15) is 0 Å². The van der Waals surface area contributed by atoms with Gasteiger partial charge in [-0.3, -0.25) is 4.98 Å². The normalized spacial score (nSPS) is 11.1. The third-order valence-electron chi connectivity index (χ3n) is 3.46. The molecule has 3 nitrogen and oxygen atoms in total. The molecule has 0 fully saturated rings. The van der Waals surface area contributed by atoms with Gasteiger partial charge in [-0.1, -0.05) is 18.2 Å². The Labute approximate surface area is 118 Å². The second-order valence-electron chi connectivity index (χ2n) is 4.69. The Morgan fingerprint density at radius 1 is 1.10 bits per heavy atom. The Kier molecular flexibility index (Phi) is 3.79. The molecule has 3 heteroatoms. The van der Waals surface area contributed by atoms with E-state index in [0.29, 0.717) is 0 Å². The summed E-state index contributed by atoms with van der Waals surface area (Å²) in [5, 5.41) is 1.27. The minimum Gasteiger partial charge on any atom is -0.380 e. The van der Waals surface area contributed by atoms with Gasteiger partial charge in [0.25, 0.3) is 0 Å². The fourth-order valence-electron chi connectivity index (χ4n) is 2.50. The number of pyridine rings is 1. The molecular weight excluding hydrogens is 248 g/mol. The Hall–Kier alpha value is -2.13. The highest BCUT2D eigenvalue weighted by Crippen LogP contribution is 2.30. The first-order chi connectivity index (χ1) is 9.90. The van der Waals surface area contributed by atoms with Crippen LogP contribution >= 0.6 is 0 Å². The lowest BCUT2D eigenvalue weighted by Gasteiger charge is -2.04. The highest BCUT2D eigenvalue weighted by Gasteiger charge is 2.09. The largest absolute Gasteiger partial charge is 0.380 e. The van der Waals surface area contributed by atoms with Gasteiger partial charge in [-0.25, -0.2) is 0 Å². The van der Waals surface area contributed by atoms with Gasteiger partial charge >= 0.3 is 0 Å². The quantitative estimate of drug-likeness (QED) is 0.658. The Morgan fingerprint density at radius 3 is 2.70 bits per heavy atom. The van der Waals surface area contributed by atoms with Crippen LogP contribution in [0.25, 0.3) is 22.0 Å². The van der Waals surface area contributed by atoms with Crippen molar-refractivity contribution in [1.82, 2.24) is 9.55 Å². The summed E-state index contributed by atoms with van der Waals surface area (Å²) < 4.78 is 7.74. The summed E-state index contributed by atoms with van der Waals surface area (Å²) in [7, 11) is 0. The molecule has 0 spiro atoms. The molecule has 0 aliphatic heterocycles. The van der Waals surface area contributed by atoms with Crippen LogP contribution < -0.4 is 0 Å². The third kappa shape index (κ3) is 2.45. The predicted molar refractivity (Wildman–Crippen MR) is 81.7 cm³/mol. The van der Waals surface area contributed by atoms with E-state index in [-0.39, 0.29) is 0 Å². The molecule has 0 N–H and O–H groups in total. The minimum atomic E-state index is 0.741. The SMILES string of the molecule is CCOCCn1cc(-c2ccncc2)c2ccccc21. The molecule has 1 aromatic carbocycles. The zero-order valence-corrected chi connectivity index (χ0v) is 11.6. The molecule has 2 aromatic heterocycles. The van der Waals surface area contributed by atoms with Crippen LogP contribution in [0.1, 0.15) is 6.92 Å². The van der Waals surface area contributed by atoms with E-state index >= 15 is 0 Å². The summed E-state index contributed by atoms with van der Waals surface area (Å²) in [6.45, 7) is 4.40. The van der Waals surface area contributed by atoms with E-state index in [1.807, 2.05) is 19.3 Å². The van der Waals surface area contributed by atoms with E-state index in [1.54, 1.807) is 0 Å². The van der Waals surface area contributed by atoms with Crippen molar-refractivity contribution < 1.29 is 4.74 Å². The number of benzene rings is 1. The Bertz CT molecular complexity index is 689. The average molecular weight is 266 g/mol. The van der Waals surface area contributed by atoms with Crippen LogP contribution in [0, 0.1) is 0 Å². The van der Waals surface area contributed by atoms with Crippen molar-refractivity contribution in [3.05, 3.63) is 55.0 Å². The van der Waals surface area contributed by atoms with Crippen molar-refractivity contribution in [2.75, 3.05) is 13.2 Å². The van der Waals surface area contributed by atoms with Gasteiger partial charge in [-0.15, -0.1) is 0 Å². The lowest BCUT2D eigenvalue weighted by atomic mass is 10.1. The van der Waals surface area contributed by atoms with Gasteiger partial charge in [0.2, 0.25) is 0 Å². The molecule has 3 rings (SSSR count). The summed E-state index contributed by atoms with van der Waals surface area (Å²) >= 11 is 0. The van der Waals surface area contributed by atoms with Gasteiger partial charge in [0, 0.05) is 48.2 Å². The number of fused-ring (bicyclic) bond motifs is 1. The van der Waals surface area contributed by atoms with Crippen molar-refractivity contribution in [3.8, 4) is 11.1 Å². The first-order valence-corrected chi connectivity index (χ1v) is 6.96. The molecule has 102 valence electrons. The van der Waals surface area contributed by atoms with Crippen LogP contribution in [0.4, 0.5) is 0 Å². The van der Waals surface area contributed by atoms with E-state index in [2.05, 4.69) is 52.1 Å². The van der Waals surface area contributed by atoms with Gasteiger partial charge in [-0.05, 0) is 30.7 Å². The summed E-state index contributed by atoms with van der Waals surface area (Å²) in [5.74, 6) is 0. The van der Waals surface area contributed by atoms with Crippen molar-refractivity contribution in [3.63, 3.8) is 0 Å². The molecule has 0 atom stereocenters. The van der Waals surface area contributed by atoms with Gasteiger partial charge in [-0.2, -0.15) is 0 Å². The van der Waals surface area contributed by atoms with Crippen molar-refractivity contribution in [1.29, 1.82) is 0 Å². The van der Waals surface area contributed by atoms with Gasteiger partial charge in [0.1, 0.15) is 0 Å². The molecular formula is C17H18N2O. The summed E-state index contributed by atoms with van der Waals surface area (Å²) in [6.07, 6.45) is 5.88. The lowest BCUT2D eigenvalue weighted by Crippen LogP contribution is -2.04. The molecule has 0 amide bonds. The van der Waals surface area contributed by atoms with Crippen LogP contribution in [0.15, 0.2) is 55.0 Å². The second kappa shape index (κ2) is 5.88. The number of para-hydroxylation sites is 1. The number of hydrogen-bond donors (Lipinski definition) is 0. The highest BCUT2D eigenvalue weighted by atomic mass is 16.5. The molecule has 0 saturated carbocycles. The molecule has 0 bridgehead atoms.